The zero-order valence-electron chi connectivity index (χ0n) is 34.2. The monoisotopic (exact) mass is 778 g/mol. The van der Waals surface area contributed by atoms with E-state index in [2.05, 4.69) is 225 Å². The molecule has 1 aliphatic heterocycles. The second kappa shape index (κ2) is 13.8. The van der Waals surface area contributed by atoms with Crippen LogP contribution in [0.1, 0.15) is 47.7 Å². The summed E-state index contributed by atoms with van der Waals surface area (Å²) in [5.74, 6) is 0.872. The van der Waals surface area contributed by atoms with Crippen molar-refractivity contribution in [2.75, 3.05) is 0 Å². The second-order valence-corrected chi connectivity index (χ2v) is 17.0. The van der Waals surface area contributed by atoms with Crippen LogP contribution in [0.3, 0.4) is 0 Å². The highest BCUT2D eigenvalue weighted by molar-refractivity contribution is 6.15. The zero-order valence-corrected chi connectivity index (χ0v) is 34.2. The number of hydrogen-bond donors (Lipinski definition) is 1. The molecule has 2 aliphatic rings. The number of rotatable bonds is 5. The fraction of sp³-hybridized carbons (Fsp3) is 0.0678. The van der Waals surface area contributed by atoms with Crippen LogP contribution in [-0.2, 0) is 5.41 Å². The summed E-state index contributed by atoms with van der Waals surface area (Å²) in [6.45, 7) is 4.76. The van der Waals surface area contributed by atoms with Gasteiger partial charge in [0.05, 0.1) is 11.7 Å². The first kappa shape index (κ1) is 35.4. The first-order valence-corrected chi connectivity index (χ1v) is 21.3. The Bertz CT molecular complexity index is 3470. The molecule has 0 saturated heterocycles. The lowest BCUT2D eigenvalue weighted by molar-refractivity contribution is 0.661. The molecule has 1 atom stereocenters. The third-order valence-electron chi connectivity index (χ3n) is 13.3. The molecular weight excluding hydrogens is 737 g/mol. The summed E-state index contributed by atoms with van der Waals surface area (Å²) < 4.78 is 0. The molecule has 2 heteroatoms. The highest BCUT2D eigenvalue weighted by Crippen LogP contribution is 2.55. The van der Waals surface area contributed by atoms with Gasteiger partial charge >= 0.3 is 0 Å². The van der Waals surface area contributed by atoms with Gasteiger partial charge in [-0.25, -0.2) is 4.99 Å². The van der Waals surface area contributed by atoms with E-state index in [9.17, 15) is 0 Å². The van der Waals surface area contributed by atoms with Crippen molar-refractivity contribution in [3.05, 3.63) is 234 Å². The van der Waals surface area contributed by atoms with Gasteiger partial charge < -0.3 is 5.32 Å². The van der Waals surface area contributed by atoms with E-state index in [0.717, 1.165) is 22.7 Å². The van der Waals surface area contributed by atoms with Crippen molar-refractivity contribution in [3.8, 4) is 33.4 Å². The van der Waals surface area contributed by atoms with Crippen LogP contribution in [0.5, 0.6) is 0 Å². The molecule has 12 rings (SSSR count). The van der Waals surface area contributed by atoms with E-state index < -0.39 is 0 Å². The van der Waals surface area contributed by atoms with E-state index in [0.29, 0.717) is 0 Å². The summed E-state index contributed by atoms with van der Waals surface area (Å²) in [6.07, 6.45) is 2.31. The predicted octanol–water partition coefficient (Wildman–Crippen LogP) is 15.1. The Morgan fingerprint density at radius 1 is 0.393 bits per heavy atom. The Hall–Kier alpha value is -7.55. The predicted molar refractivity (Wildman–Crippen MR) is 258 cm³/mol. The average molecular weight is 779 g/mol. The maximum atomic E-state index is 5.37. The van der Waals surface area contributed by atoms with E-state index in [1.54, 1.807) is 0 Å². The molecule has 0 saturated carbocycles. The number of amidine groups is 1. The summed E-state index contributed by atoms with van der Waals surface area (Å²) in [6, 6.07) is 73.2. The van der Waals surface area contributed by atoms with Crippen molar-refractivity contribution in [3.63, 3.8) is 0 Å². The minimum Gasteiger partial charge on any atom is -0.359 e. The lowest BCUT2D eigenvalue weighted by atomic mass is 9.81. The Morgan fingerprint density at radius 2 is 0.902 bits per heavy atom. The first-order chi connectivity index (χ1) is 30.0. The van der Waals surface area contributed by atoms with Gasteiger partial charge in [0, 0.05) is 16.5 Å². The van der Waals surface area contributed by atoms with Crippen molar-refractivity contribution in [1.82, 2.24) is 5.32 Å². The van der Waals surface area contributed by atoms with Gasteiger partial charge in [-0.1, -0.05) is 214 Å². The van der Waals surface area contributed by atoms with Crippen LogP contribution in [0.25, 0.3) is 82.2 Å². The normalized spacial score (nSPS) is 15.3. The molecule has 1 aliphatic carbocycles. The van der Waals surface area contributed by atoms with Gasteiger partial charge in [0.1, 0.15) is 5.84 Å². The molecule has 10 aromatic rings. The molecule has 2 nitrogen and oxygen atoms in total. The zero-order chi connectivity index (χ0) is 40.7. The molecule has 0 spiro atoms. The summed E-state index contributed by atoms with van der Waals surface area (Å²) in [7, 11) is 0. The van der Waals surface area contributed by atoms with Crippen LogP contribution < -0.4 is 5.32 Å². The minimum atomic E-state index is -0.105. The maximum absolute atomic E-state index is 5.37. The Morgan fingerprint density at radius 3 is 1.59 bits per heavy atom. The van der Waals surface area contributed by atoms with E-state index in [4.69, 9.17) is 4.99 Å². The molecule has 1 unspecified atom stereocenters. The fourth-order valence-electron chi connectivity index (χ4n) is 10.4. The van der Waals surface area contributed by atoms with E-state index in [-0.39, 0.29) is 11.5 Å². The molecule has 61 heavy (non-hydrogen) atoms. The Balaban J connectivity index is 1.03. The molecule has 0 amide bonds. The molecule has 1 heterocycles. The second-order valence-electron chi connectivity index (χ2n) is 17.0. The number of nitrogens with one attached hydrogen (secondary N) is 1. The van der Waals surface area contributed by atoms with Crippen LogP contribution in [0.4, 0.5) is 0 Å². The van der Waals surface area contributed by atoms with Crippen LogP contribution in [0.2, 0.25) is 0 Å². The minimum absolute atomic E-state index is 0.0707. The number of aliphatic imine (C=N–C) groups is 1. The van der Waals surface area contributed by atoms with Crippen molar-refractivity contribution in [2.45, 2.75) is 25.3 Å². The van der Waals surface area contributed by atoms with E-state index >= 15 is 0 Å². The number of benzene rings is 10. The van der Waals surface area contributed by atoms with Crippen LogP contribution in [0, 0.1) is 0 Å². The summed E-state index contributed by atoms with van der Waals surface area (Å²) in [5, 5.41) is 13.8. The number of nitrogens with zero attached hydrogens (tertiary/aromatic N) is 1. The van der Waals surface area contributed by atoms with E-state index in [1.165, 1.54) is 93.2 Å². The SMILES string of the molecule is CC1(C)c2cccc(-c3ccc(-c4ccc(C5=CC(c6cccc7ccccc67)NC(c6ccccc6)=N5)c5ccccc45)c4ccccc34)c2-c2c1ccc1ccccc21. The highest BCUT2D eigenvalue weighted by atomic mass is 15.0. The summed E-state index contributed by atoms with van der Waals surface area (Å²) >= 11 is 0. The standard InChI is InChI=1S/C59H42N2/c1-59(2)52-29-15-28-51(57(52)56-41-22-9-7-17-38(41)30-35-53(56)59)48-32-31-46(42-23-10-11-24-43(42)48)47-33-34-50(45-26-13-12-25-44(45)47)55-36-54(60-58(61-55)39-18-4-3-5-19-39)49-27-14-20-37-16-6-8-21-40(37)49/h3-36,54H,1-2H3,(H,60,61). The van der Waals surface area contributed by atoms with Gasteiger partial charge in [0.2, 0.25) is 0 Å². The third kappa shape index (κ3) is 5.52. The lowest BCUT2D eigenvalue weighted by Gasteiger charge is -2.26. The topological polar surface area (TPSA) is 24.4 Å². The van der Waals surface area contributed by atoms with Crippen molar-refractivity contribution >= 4 is 54.6 Å². The van der Waals surface area contributed by atoms with Crippen LogP contribution in [-0.4, -0.2) is 5.84 Å². The molecule has 0 fully saturated rings. The Kier molecular flexibility index (Phi) is 7.99. The smallest absolute Gasteiger partial charge is 0.134 e. The Labute approximate surface area is 356 Å². The quantitative estimate of drug-likeness (QED) is 0.185. The third-order valence-corrected chi connectivity index (χ3v) is 13.3. The molecule has 0 bridgehead atoms. The van der Waals surface area contributed by atoms with Crippen molar-refractivity contribution in [2.24, 2.45) is 4.99 Å². The summed E-state index contributed by atoms with van der Waals surface area (Å²) in [4.78, 5) is 5.37. The highest BCUT2D eigenvalue weighted by Gasteiger charge is 2.38. The molecule has 10 aromatic carbocycles. The largest absolute Gasteiger partial charge is 0.359 e. The van der Waals surface area contributed by atoms with Crippen molar-refractivity contribution in [1.29, 1.82) is 0 Å². The van der Waals surface area contributed by atoms with Crippen LogP contribution >= 0.6 is 0 Å². The van der Waals surface area contributed by atoms with Gasteiger partial charge in [0.15, 0.2) is 0 Å². The van der Waals surface area contributed by atoms with Gasteiger partial charge in [0.25, 0.3) is 0 Å². The summed E-state index contributed by atoms with van der Waals surface area (Å²) in [5.41, 5.74) is 14.8. The van der Waals surface area contributed by atoms with Crippen LogP contribution in [0.15, 0.2) is 211 Å². The molecule has 288 valence electrons. The van der Waals surface area contributed by atoms with Crippen molar-refractivity contribution < 1.29 is 0 Å². The first-order valence-electron chi connectivity index (χ1n) is 21.3. The maximum Gasteiger partial charge on any atom is 0.134 e. The van der Waals surface area contributed by atoms with Gasteiger partial charge in [-0.15, -0.1) is 0 Å². The van der Waals surface area contributed by atoms with Gasteiger partial charge in [-0.05, 0) is 99.2 Å². The molecule has 0 aromatic heterocycles. The number of hydrogen-bond acceptors (Lipinski definition) is 2. The molecule has 1 N–H and O–H groups in total. The number of fused-ring (bicyclic) bond motifs is 8. The van der Waals surface area contributed by atoms with Gasteiger partial charge in [-0.3, -0.25) is 0 Å². The molecular formula is C59H42N2. The molecule has 0 radical (unpaired) electrons. The fourth-order valence-corrected chi connectivity index (χ4v) is 10.4. The lowest BCUT2D eigenvalue weighted by Crippen LogP contribution is -2.31. The average Bonchev–Trinajstić information content (AvgIpc) is 3.57. The van der Waals surface area contributed by atoms with E-state index in [1.807, 2.05) is 0 Å². The van der Waals surface area contributed by atoms with Gasteiger partial charge in [-0.2, -0.15) is 0 Å².